The third kappa shape index (κ3) is 3.26. The van der Waals surface area contributed by atoms with Crippen LogP contribution < -0.4 is 5.32 Å². The van der Waals surface area contributed by atoms with Crippen molar-refractivity contribution in [3.05, 3.63) is 70.9 Å². The Morgan fingerprint density at radius 1 is 1.21 bits per heavy atom. The van der Waals surface area contributed by atoms with Gasteiger partial charge in [-0.15, -0.1) is 0 Å². The fourth-order valence-corrected chi connectivity index (χ4v) is 2.98. The lowest BCUT2D eigenvalue weighted by molar-refractivity contribution is 0.189. The molecular weight excluding hydrogens is 328 g/mol. The fourth-order valence-electron chi connectivity index (χ4n) is 2.71. The van der Waals surface area contributed by atoms with E-state index in [1.54, 1.807) is 24.4 Å². The summed E-state index contributed by atoms with van der Waals surface area (Å²) in [7, 11) is 0. The van der Waals surface area contributed by atoms with Crippen molar-refractivity contribution in [2.24, 2.45) is 0 Å². The quantitative estimate of drug-likeness (QED) is 0.665. The number of amides is 1. The van der Waals surface area contributed by atoms with Crippen LogP contribution in [0.25, 0.3) is 10.9 Å². The van der Waals surface area contributed by atoms with Crippen LogP contribution in [0.15, 0.2) is 54.7 Å². The van der Waals surface area contributed by atoms with Crippen LogP contribution in [0.4, 0.5) is 4.79 Å². The molecule has 3 rings (SSSR count). The molecular formula is C18H15ClN2O3. The maximum absolute atomic E-state index is 11.2. The van der Waals surface area contributed by atoms with E-state index in [9.17, 15) is 9.90 Å². The van der Waals surface area contributed by atoms with Crippen LogP contribution in [0, 0.1) is 0 Å². The standard InChI is InChI=1S/C18H15ClN2O3/c19-14-10-13(17(22)16-12(14)7-4-8-20-16)15(21-18(23)24)9-11-5-2-1-3-6-11/h1-8,10,15,21-22H,9H2,(H,23,24). The molecule has 0 aliphatic heterocycles. The number of nitrogens with zero attached hydrogens (tertiary/aromatic N) is 1. The van der Waals surface area contributed by atoms with Gasteiger partial charge in [0.25, 0.3) is 0 Å². The number of hydrogen-bond acceptors (Lipinski definition) is 3. The summed E-state index contributed by atoms with van der Waals surface area (Å²) in [5.74, 6) is -0.0651. The van der Waals surface area contributed by atoms with Gasteiger partial charge in [-0.1, -0.05) is 41.9 Å². The van der Waals surface area contributed by atoms with Gasteiger partial charge >= 0.3 is 6.09 Å². The second-order valence-corrected chi connectivity index (χ2v) is 5.79. The molecule has 2 aromatic carbocycles. The smallest absolute Gasteiger partial charge is 0.405 e. The molecule has 3 N–H and O–H groups in total. The number of phenols is 1. The number of halogens is 1. The zero-order valence-corrected chi connectivity index (χ0v) is 13.4. The van der Waals surface area contributed by atoms with E-state index < -0.39 is 12.1 Å². The van der Waals surface area contributed by atoms with Crippen molar-refractivity contribution in [1.29, 1.82) is 0 Å². The van der Waals surface area contributed by atoms with Crippen LogP contribution in [-0.4, -0.2) is 21.3 Å². The van der Waals surface area contributed by atoms with Gasteiger partial charge in [0.05, 0.1) is 11.1 Å². The normalized spacial score (nSPS) is 12.0. The Balaban J connectivity index is 2.08. The highest BCUT2D eigenvalue weighted by molar-refractivity contribution is 6.35. The summed E-state index contributed by atoms with van der Waals surface area (Å²) < 4.78 is 0. The van der Waals surface area contributed by atoms with Crippen LogP contribution in [0.2, 0.25) is 5.02 Å². The van der Waals surface area contributed by atoms with Gasteiger partial charge in [0.2, 0.25) is 0 Å². The minimum atomic E-state index is -1.17. The first-order valence-electron chi connectivity index (χ1n) is 7.35. The second-order valence-electron chi connectivity index (χ2n) is 5.39. The van der Waals surface area contributed by atoms with E-state index in [2.05, 4.69) is 10.3 Å². The third-order valence-electron chi connectivity index (χ3n) is 3.80. The van der Waals surface area contributed by atoms with Crippen molar-refractivity contribution in [3.63, 3.8) is 0 Å². The van der Waals surface area contributed by atoms with Crippen LogP contribution >= 0.6 is 11.6 Å². The number of rotatable bonds is 4. The van der Waals surface area contributed by atoms with Gasteiger partial charge in [-0.3, -0.25) is 4.98 Å². The van der Waals surface area contributed by atoms with Crippen LogP contribution in [0.3, 0.4) is 0 Å². The van der Waals surface area contributed by atoms with Crippen LogP contribution in [0.5, 0.6) is 5.75 Å². The minimum absolute atomic E-state index is 0.0651. The summed E-state index contributed by atoms with van der Waals surface area (Å²) >= 11 is 6.29. The van der Waals surface area contributed by atoms with E-state index in [4.69, 9.17) is 16.7 Å². The van der Waals surface area contributed by atoms with Crippen molar-refractivity contribution in [2.45, 2.75) is 12.5 Å². The predicted molar refractivity (Wildman–Crippen MR) is 92.5 cm³/mol. The molecule has 0 saturated heterocycles. The number of pyridine rings is 1. The molecule has 0 fully saturated rings. The van der Waals surface area contributed by atoms with Gasteiger partial charge in [0, 0.05) is 17.1 Å². The summed E-state index contributed by atoms with van der Waals surface area (Å²) in [6.45, 7) is 0. The predicted octanol–water partition coefficient (Wildman–Crippen LogP) is 4.15. The van der Waals surface area contributed by atoms with E-state index in [0.717, 1.165) is 5.56 Å². The first-order chi connectivity index (χ1) is 11.6. The Morgan fingerprint density at radius 3 is 2.67 bits per heavy atom. The number of hydrogen-bond donors (Lipinski definition) is 3. The van der Waals surface area contributed by atoms with Gasteiger partial charge in [-0.05, 0) is 30.2 Å². The Morgan fingerprint density at radius 2 is 1.96 bits per heavy atom. The topological polar surface area (TPSA) is 82.5 Å². The maximum atomic E-state index is 11.2. The molecule has 1 aromatic heterocycles. The molecule has 1 heterocycles. The number of aromatic nitrogens is 1. The summed E-state index contributed by atoms with van der Waals surface area (Å²) in [6, 6.07) is 13.9. The van der Waals surface area contributed by atoms with E-state index in [-0.39, 0.29) is 5.75 Å². The number of carbonyl (C=O) groups is 1. The molecule has 24 heavy (non-hydrogen) atoms. The number of aromatic hydroxyl groups is 1. The maximum Gasteiger partial charge on any atom is 0.405 e. The number of nitrogens with one attached hydrogen (secondary N) is 1. The first kappa shape index (κ1) is 16.1. The molecule has 0 spiro atoms. The molecule has 0 bridgehead atoms. The third-order valence-corrected chi connectivity index (χ3v) is 4.11. The molecule has 0 aliphatic rings. The molecule has 1 amide bonds. The lowest BCUT2D eigenvalue weighted by Crippen LogP contribution is -2.28. The zero-order chi connectivity index (χ0) is 17.1. The molecule has 0 aliphatic carbocycles. The van der Waals surface area contributed by atoms with Crippen molar-refractivity contribution >= 4 is 28.6 Å². The number of carboxylic acid groups (broad SMARTS) is 1. The summed E-state index contributed by atoms with van der Waals surface area (Å²) in [4.78, 5) is 15.4. The minimum Gasteiger partial charge on any atom is -0.505 e. The Bertz CT molecular complexity index is 884. The Kier molecular flexibility index (Phi) is 4.53. The number of fused-ring (bicyclic) bond motifs is 1. The lowest BCUT2D eigenvalue weighted by atomic mass is 9.96. The van der Waals surface area contributed by atoms with E-state index in [1.807, 2.05) is 30.3 Å². The molecule has 1 atom stereocenters. The molecule has 1 unspecified atom stereocenters. The SMILES string of the molecule is O=C(O)NC(Cc1ccccc1)c1cc(Cl)c2cccnc2c1O. The van der Waals surface area contributed by atoms with Crippen molar-refractivity contribution in [3.8, 4) is 5.75 Å². The molecule has 5 nitrogen and oxygen atoms in total. The average Bonchev–Trinajstić information content (AvgIpc) is 2.58. The van der Waals surface area contributed by atoms with Gasteiger partial charge in [-0.25, -0.2) is 4.79 Å². The highest BCUT2D eigenvalue weighted by Gasteiger charge is 2.21. The van der Waals surface area contributed by atoms with E-state index >= 15 is 0 Å². The van der Waals surface area contributed by atoms with Gasteiger partial charge in [-0.2, -0.15) is 0 Å². The molecule has 3 aromatic rings. The Hall–Kier alpha value is -2.79. The van der Waals surface area contributed by atoms with E-state index in [0.29, 0.717) is 27.9 Å². The summed E-state index contributed by atoms with van der Waals surface area (Å²) in [5, 5.41) is 23.2. The molecule has 0 saturated carbocycles. The summed E-state index contributed by atoms with van der Waals surface area (Å²) in [5.41, 5.74) is 1.69. The van der Waals surface area contributed by atoms with Crippen molar-refractivity contribution in [1.82, 2.24) is 10.3 Å². The van der Waals surface area contributed by atoms with Crippen molar-refractivity contribution in [2.75, 3.05) is 0 Å². The van der Waals surface area contributed by atoms with Crippen LogP contribution in [-0.2, 0) is 6.42 Å². The second kappa shape index (κ2) is 6.76. The highest BCUT2D eigenvalue weighted by atomic mass is 35.5. The van der Waals surface area contributed by atoms with Gasteiger partial charge in [0.15, 0.2) is 0 Å². The largest absolute Gasteiger partial charge is 0.505 e. The van der Waals surface area contributed by atoms with Gasteiger partial charge in [0.1, 0.15) is 11.3 Å². The summed E-state index contributed by atoms with van der Waals surface area (Å²) in [6.07, 6.45) is 0.765. The lowest BCUT2D eigenvalue weighted by Gasteiger charge is -2.20. The molecule has 122 valence electrons. The molecule has 6 heteroatoms. The highest BCUT2D eigenvalue weighted by Crippen LogP contribution is 2.37. The van der Waals surface area contributed by atoms with E-state index in [1.165, 1.54) is 0 Å². The number of phenolic OH excluding ortho intramolecular Hbond substituents is 1. The zero-order valence-electron chi connectivity index (χ0n) is 12.6. The van der Waals surface area contributed by atoms with Gasteiger partial charge < -0.3 is 15.5 Å². The Labute approximate surface area is 143 Å². The van der Waals surface area contributed by atoms with Crippen LogP contribution in [0.1, 0.15) is 17.2 Å². The monoisotopic (exact) mass is 342 g/mol. The first-order valence-corrected chi connectivity index (χ1v) is 7.73. The van der Waals surface area contributed by atoms with Crippen molar-refractivity contribution < 1.29 is 15.0 Å². The fraction of sp³-hybridized carbons (Fsp3) is 0.111. The molecule has 0 radical (unpaired) electrons. The average molecular weight is 343 g/mol. The number of benzene rings is 2.